The molecule has 0 saturated carbocycles. The topological polar surface area (TPSA) is 51.0 Å². The highest BCUT2D eigenvalue weighted by Gasteiger charge is 2.06. The molecule has 0 bridgehead atoms. The molecule has 0 amide bonds. The quantitative estimate of drug-likeness (QED) is 0.842. The van der Waals surface area contributed by atoms with Gasteiger partial charge in [0.1, 0.15) is 0 Å². The van der Waals surface area contributed by atoms with Gasteiger partial charge in [-0.1, -0.05) is 20.3 Å². The summed E-state index contributed by atoms with van der Waals surface area (Å²) in [6.07, 6.45) is 4.88. The first-order valence-electron chi connectivity index (χ1n) is 6.46. The molecule has 4 heteroatoms. The van der Waals surface area contributed by atoms with Crippen molar-refractivity contribution in [2.75, 3.05) is 5.32 Å². The van der Waals surface area contributed by atoms with Crippen LogP contribution in [-0.2, 0) is 0 Å². The molecule has 1 unspecified atom stereocenters. The summed E-state index contributed by atoms with van der Waals surface area (Å²) in [5.41, 5.74) is 2.08. The van der Waals surface area contributed by atoms with E-state index in [1.807, 2.05) is 12.1 Å². The highest BCUT2D eigenvalue weighted by molar-refractivity contribution is 5.58. The lowest BCUT2D eigenvalue weighted by Crippen LogP contribution is -2.17. The Morgan fingerprint density at radius 3 is 2.56 bits per heavy atom. The van der Waals surface area contributed by atoms with Gasteiger partial charge >= 0.3 is 0 Å². The van der Waals surface area contributed by atoms with Crippen molar-refractivity contribution in [3.05, 3.63) is 30.7 Å². The first kappa shape index (κ1) is 12.6. The molecule has 96 valence electrons. The highest BCUT2D eigenvalue weighted by Crippen LogP contribution is 2.20. The molecular formula is C14H19N3O. The number of anilines is 1. The standard InChI is InChI=1S/C14H19N3O/c1-3-5-12(4-2)16-13-8-6-11(7-9-13)14-17-15-10-18-14/h6-10,12,16H,3-5H2,1-2H3. The first-order valence-corrected chi connectivity index (χ1v) is 6.46. The Balaban J connectivity index is 2.03. The molecule has 1 heterocycles. The van der Waals surface area contributed by atoms with Crippen molar-refractivity contribution in [3.63, 3.8) is 0 Å². The molecule has 0 spiro atoms. The SMILES string of the molecule is CCCC(CC)Nc1ccc(-c2nnco2)cc1. The summed E-state index contributed by atoms with van der Waals surface area (Å²) in [5, 5.41) is 11.1. The van der Waals surface area contributed by atoms with E-state index in [2.05, 4.69) is 41.5 Å². The lowest BCUT2D eigenvalue weighted by atomic mass is 10.1. The molecular weight excluding hydrogens is 226 g/mol. The maximum Gasteiger partial charge on any atom is 0.247 e. The lowest BCUT2D eigenvalue weighted by Gasteiger charge is -2.17. The Labute approximate surface area is 107 Å². The summed E-state index contributed by atoms with van der Waals surface area (Å²) in [6.45, 7) is 4.42. The maximum absolute atomic E-state index is 5.16. The molecule has 0 saturated heterocycles. The molecule has 1 atom stereocenters. The van der Waals surface area contributed by atoms with E-state index in [0.29, 0.717) is 11.9 Å². The van der Waals surface area contributed by atoms with Crippen LogP contribution in [0.3, 0.4) is 0 Å². The van der Waals surface area contributed by atoms with Crippen LogP contribution in [0, 0.1) is 0 Å². The van der Waals surface area contributed by atoms with E-state index in [4.69, 9.17) is 4.42 Å². The molecule has 0 fully saturated rings. The number of nitrogens with one attached hydrogen (secondary N) is 1. The largest absolute Gasteiger partial charge is 0.423 e. The van der Waals surface area contributed by atoms with E-state index in [9.17, 15) is 0 Å². The summed E-state index contributed by atoms with van der Waals surface area (Å²) in [5.74, 6) is 0.558. The Kier molecular flexibility index (Phi) is 4.34. The normalized spacial score (nSPS) is 12.3. The van der Waals surface area contributed by atoms with Crippen molar-refractivity contribution in [3.8, 4) is 11.5 Å². The second-order valence-electron chi connectivity index (χ2n) is 4.36. The summed E-state index contributed by atoms with van der Waals surface area (Å²) in [7, 11) is 0. The number of nitrogens with zero attached hydrogens (tertiary/aromatic N) is 2. The highest BCUT2D eigenvalue weighted by atomic mass is 16.4. The van der Waals surface area contributed by atoms with Crippen molar-refractivity contribution in [1.29, 1.82) is 0 Å². The molecule has 2 rings (SSSR count). The third kappa shape index (κ3) is 3.09. The third-order valence-corrected chi connectivity index (χ3v) is 2.99. The van der Waals surface area contributed by atoms with Crippen LogP contribution in [0.1, 0.15) is 33.1 Å². The van der Waals surface area contributed by atoms with E-state index in [1.54, 1.807) is 0 Å². The minimum Gasteiger partial charge on any atom is -0.423 e. The fourth-order valence-electron chi connectivity index (χ4n) is 1.97. The monoisotopic (exact) mass is 245 g/mol. The fourth-order valence-corrected chi connectivity index (χ4v) is 1.97. The Bertz CT molecular complexity index is 450. The predicted octanol–water partition coefficient (Wildman–Crippen LogP) is 3.73. The van der Waals surface area contributed by atoms with E-state index in [1.165, 1.54) is 19.2 Å². The van der Waals surface area contributed by atoms with Gasteiger partial charge in [0.05, 0.1) is 0 Å². The van der Waals surface area contributed by atoms with Gasteiger partial charge in [0, 0.05) is 17.3 Å². The van der Waals surface area contributed by atoms with Gasteiger partial charge in [0.2, 0.25) is 12.3 Å². The summed E-state index contributed by atoms with van der Waals surface area (Å²) < 4.78 is 5.16. The molecule has 1 aromatic carbocycles. The number of hydrogen-bond donors (Lipinski definition) is 1. The third-order valence-electron chi connectivity index (χ3n) is 2.99. The van der Waals surface area contributed by atoms with Crippen molar-refractivity contribution in [2.45, 2.75) is 39.2 Å². The zero-order valence-electron chi connectivity index (χ0n) is 10.9. The fraction of sp³-hybridized carbons (Fsp3) is 0.429. The van der Waals surface area contributed by atoms with Crippen molar-refractivity contribution < 1.29 is 4.42 Å². The van der Waals surface area contributed by atoms with Crippen LogP contribution >= 0.6 is 0 Å². The van der Waals surface area contributed by atoms with Crippen LogP contribution in [0.2, 0.25) is 0 Å². The van der Waals surface area contributed by atoms with Gasteiger partial charge in [-0.15, -0.1) is 10.2 Å². The number of hydrogen-bond acceptors (Lipinski definition) is 4. The van der Waals surface area contributed by atoms with Gasteiger partial charge in [-0.3, -0.25) is 0 Å². The molecule has 1 aromatic heterocycles. The Morgan fingerprint density at radius 1 is 1.22 bits per heavy atom. The number of aromatic nitrogens is 2. The Hall–Kier alpha value is -1.84. The van der Waals surface area contributed by atoms with Gasteiger partial charge in [-0.25, -0.2) is 0 Å². The minimum absolute atomic E-state index is 0.546. The van der Waals surface area contributed by atoms with Gasteiger partial charge in [-0.05, 0) is 37.1 Å². The average Bonchev–Trinajstić information content (AvgIpc) is 2.93. The lowest BCUT2D eigenvalue weighted by molar-refractivity contribution is 0.568. The number of benzene rings is 1. The maximum atomic E-state index is 5.16. The molecule has 0 aliphatic rings. The molecule has 18 heavy (non-hydrogen) atoms. The summed E-state index contributed by atoms with van der Waals surface area (Å²) >= 11 is 0. The summed E-state index contributed by atoms with van der Waals surface area (Å²) in [4.78, 5) is 0. The van der Waals surface area contributed by atoms with Crippen LogP contribution in [0.5, 0.6) is 0 Å². The first-order chi connectivity index (χ1) is 8.83. The van der Waals surface area contributed by atoms with Crippen LogP contribution in [0.15, 0.2) is 35.1 Å². The van der Waals surface area contributed by atoms with Gasteiger partial charge in [0.25, 0.3) is 0 Å². The average molecular weight is 245 g/mol. The smallest absolute Gasteiger partial charge is 0.247 e. The van der Waals surface area contributed by atoms with Crippen LogP contribution < -0.4 is 5.32 Å². The second-order valence-corrected chi connectivity index (χ2v) is 4.36. The van der Waals surface area contributed by atoms with E-state index < -0.39 is 0 Å². The van der Waals surface area contributed by atoms with Crippen LogP contribution in [0.25, 0.3) is 11.5 Å². The molecule has 1 N–H and O–H groups in total. The molecule has 0 aliphatic carbocycles. The molecule has 0 radical (unpaired) electrons. The van der Waals surface area contributed by atoms with Crippen molar-refractivity contribution >= 4 is 5.69 Å². The number of rotatable bonds is 6. The van der Waals surface area contributed by atoms with Gasteiger partial charge in [-0.2, -0.15) is 0 Å². The van der Waals surface area contributed by atoms with Crippen molar-refractivity contribution in [2.24, 2.45) is 0 Å². The minimum atomic E-state index is 0.546. The van der Waals surface area contributed by atoms with E-state index in [0.717, 1.165) is 17.7 Å². The van der Waals surface area contributed by atoms with Gasteiger partial charge in [0.15, 0.2) is 0 Å². The van der Waals surface area contributed by atoms with Gasteiger partial charge < -0.3 is 9.73 Å². The predicted molar refractivity (Wildman–Crippen MR) is 72.3 cm³/mol. The van der Waals surface area contributed by atoms with Crippen molar-refractivity contribution in [1.82, 2.24) is 10.2 Å². The van der Waals surface area contributed by atoms with E-state index in [-0.39, 0.29) is 0 Å². The zero-order valence-corrected chi connectivity index (χ0v) is 10.9. The van der Waals surface area contributed by atoms with E-state index >= 15 is 0 Å². The molecule has 2 aromatic rings. The Morgan fingerprint density at radius 2 is 2.00 bits per heavy atom. The molecule has 0 aliphatic heterocycles. The second kappa shape index (κ2) is 6.19. The van der Waals surface area contributed by atoms with Crippen LogP contribution in [-0.4, -0.2) is 16.2 Å². The van der Waals surface area contributed by atoms with Crippen LogP contribution in [0.4, 0.5) is 5.69 Å². The zero-order chi connectivity index (χ0) is 12.8. The summed E-state index contributed by atoms with van der Waals surface area (Å²) in [6, 6.07) is 8.64. The molecule has 4 nitrogen and oxygen atoms in total.